The van der Waals surface area contributed by atoms with Gasteiger partial charge in [-0.25, -0.2) is 4.98 Å². The Hall–Kier alpha value is -0.740. The normalized spacial score (nSPS) is 17.7. The molecule has 0 atom stereocenters. The fourth-order valence-electron chi connectivity index (χ4n) is 1.58. The van der Waals surface area contributed by atoms with E-state index in [2.05, 4.69) is 16.4 Å². The number of pyridine rings is 1. The summed E-state index contributed by atoms with van der Waals surface area (Å²) in [5, 5.41) is 4.83. The Labute approximate surface area is 94.6 Å². The molecule has 0 radical (unpaired) electrons. The summed E-state index contributed by atoms with van der Waals surface area (Å²) in [4.78, 5) is 4.50. The van der Waals surface area contributed by atoms with Crippen LogP contribution >= 0.6 is 11.8 Å². The summed E-state index contributed by atoms with van der Waals surface area (Å²) in [6, 6.07) is 6.09. The van der Waals surface area contributed by atoms with Crippen molar-refractivity contribution in [3.05, 3.63) is 18.2 Å². The van der Waals surface area contributed by atoms with E-state index in [-0.39, 0.29) is 0 Å². The van der Waals surface area contributed by atoms with Gasteiger partial charge in [0.1, 0.15) is 5.82 Å². The number of thioether (sulfide) groups is 1. The average Bonchev–Trinajstić information content (AvgIpc) is 2.31. The molecule has 0 aliphatic carbocycles. The van der Waals surface area contributed by atoms with Gasteiger partial charge in [-0.3, -0.25) is 0 Å². The maximum atomic E-state index is 5.34. The topological polar surface area (TPSA) is 34.1 Å². The van der Waals surface area contributed by atoms with E-state index in [1.165, 1.54) is 0 Å². The Bertz CT molecular complexity index is 313. The Morgan fingerprint density at radius 1 is 1.40 bits per heavy atom. The number of hydrogen-bond donors (Lipinski definition) is 1. The van der Waals surface area contributed by atoms with Crippen molar-refractivity contribution >= 4 is 17.6 Å². The molecule has 1 aromatic heterocycles. The minimum atomic E-state index is 0.665. The fraction of sp³-hybridized carbons (Fsp3) is 0.545. The highest BCUT2D eigenvalue weighted by Gasteiger charge is 2.15. The first-order valence-electron chi connectivity index (χ1n) is 5.27. The summed E-state index contributed by atoms with van der Waals surface area (Å²) in [7, 11) is 1.89. The van der Waals surface area contributed by atoms with Crippen LogP contribution in [-0.4, -0.2) is 30.5 Å². The maximum Gasteiger partial charge on any atom is 0.126 e. The van der Waals surface area contributed by atoms with E-state index < -0.39 is 0 Å². The summed E-state index contributed by atoms with van der Waals surface area (Å²) < 4.78 is 5.34. The molecule has 1 aliphatic heterocycles. The second-order valence-corrected chi connectivity index (χ2v) is 4.86. The van der Waals surface area contributed by atoms with Gasteiger partial charge >= 0.3 is 0 Å². The molecular weight excluding hydrogens is 208 g/mol. The van der Waals surface area contributed by atoms with Crippen LogP contribution in [-0.2, 0) is 4.74 Å². The SMILES string of the molecule is CNc1cccc(SC2CCOCC2)n1. The molecule has 0 bridgehead atoms. The van der Waals surface area contributed by atoms with Crippen molar-refractivity contribution in [1.29, 1.82) is 0 Å². The van der Waals surface area contributed by atoms with E-state index in [9.17, 15) is 0 Å². The predicted octanol–water partition coefficient (Wildman–Crippen LogP) is 2.39. The molecule has 4 heteroatoms. The van der Waals surface area contributed by atoms with Crippen LogP contribution in [0.15, 0.2) is 23.2 Å². The van der Waals surface area contributed by atoms with Gasteiger partial charge in [0, 0.05) is 25.5 Å². The van der Waals surface area contributed by atoms with Gasteiger partial charge in [-0.1, -0.05) is 6.07 Å². The molecule has 2 heterocycles. The Balaban J connectivity index is 1.96. The molecule has 3 nitrogen and oxygen atoms in total. The molecule has 0 saturated carbocycles. The van der Waals surface area contributed by atoms with Crippen LogP contribution in [0.25, 0.3) is 0 Å². The third-order valence-electron chi connectivity index (χ3n) is 2.44. The van der Waals surface area contributed by atoms with Crippen molar-refractivity contribution in [1.82, 2.24) is 4.98 Å². The van der Waals surface area contributed by atoms with Crippen molar-refractivity contribution in [3.8, 4) is 0 Å². The lowest BCUT2D eigenvalue weighted by molar-refractivity contribution is 0.1000. The van der Waals surface area contributed by atoms with Gasteiger partial charge in [0.05, 0.1) is 5.03 Å². The molecule has 1 aromatic rings. The molecule has 82 valence electrons. The van der Waals surface area contributed by atoms with E-state index in [4.69, 9.17) is 4.74 Å². The van der Waals surface area contributed by atoms with Crippen LogP contribution in [0.5, 0.6) is 0 Å². The number of nitrogens with zero attached hydrogens (tertiary/aromatic N) is 1. The van der Waals surface area contributed by atoms with Gasteiger partial charge in [-0.15, -0.1) is 11.8 Å². The molecule has 1 saturated heterocycles. The van der Waals surface area contributed by atoms with Crippen molar-refractivity contribution in [2.45, 2.75) is 23.1 Å². The lowest BCUT2D eigenvalue weighted by atomic mass is 10.2. The lowest BCUT2D eigenvalue weighted by Gasteiger charge is -2.21. The largest absolute Gasteiger partial charge is 0.381 e. The number of nitrogens with one attached hydrogen (secondary N) is 1. The molecule has 1 aliphatic rings. The molecular formula is C11H16N2OS. The molecule has 0 unspecified atom stereocenters. The number of anilines is 1. The van der Waals surface area contributed by atoms with E-state index in [0.717, 1.165) is 36.9 Å². The van der Waals surface area contributed by atoms with E-state index >= 15 is 0 Å². The second-order valence-electron chi connectivity index (χ2n) is 3.54. The molecule has 1 N–H and O–H groups in total. The van der Waals surface area contributed by atoms with E-state index in [1.54, 1.807) is 0 Å². The highest BCUT2D eigenvalue weighted by molar-refractivity contribution is 7.99. The first-order valence-corrected chi connectivity index (χ1v) is 6.15. The van der Waals surface area contributed by atoms with Crippen LogP contribution < -0.4 is 5.32 Å². The zero-order chi connectivity index (χ0) is 10.5. The van der Waals surface area contributed by atoms with Gasteiger partial charge < -0.3 is 10.1 Å². The summed E-state index contributed by atoms with van der Waals surface area (Å²) in [6.45, 7) is 1.78. The summed E-state index contributed by atoms with van der Waals surface area (Å²) in [5.41, 5.74) is 0. The van der Waals surface area contributed by atoms with Crippen molar-refractivity contribution in [2.24, 2.45) is 0 Å². The summed E-state index contributed by atoms with van der Waals surface area (Å²) in [6.07, 6.45) is 2.27. The zero-order valence-corrected chi connectivity index (χ0v) is 9.72. The molecule has 15 heavy (non-hydrogen) atoms. The summed E-state index contributed by atoms with van der Waals surface area (Å²) >= 11 is 1.86. The first-order chi connectivity index (χ1) is 7.38. The lowest BCUT2D eigenvalue weighted by Crippen LogP contribution is -2.17. The molecule has 1 fully saturated rings. The van der Waals surface area contributed by atoms with Crippen LogP contribution in [0, 0.1) is 0 Å². The van der Waals surface area contributed by atoms with Crippen LogP contribution in [0.3, 0.4) is 0 Å². The van der Waals surface area contributed by atoms with Crippen molar-refractivity contribution in [2.75, 3.05) is 25.6 Å². The van der Waals surface area contributed by atoms with Crippen molar-refractivity contribution in [3.63, 3.8) is 0 Å². The van der Waals surface area contributed by atoms with E-state index in [1.807, 2.05) is 30.9 Å². The second kappa shape index (κ2) is 5.37. The van der Waals surface area contributed by atoms with Gasteiger partial charge in [0.15, 0.2) is 0 Å². The number of aromatic nitrogens is 1. The van der Waals surface area contributed by atoms with Crippen molar-refractivity contribution < 1.29 is 4.74 Å². The monoisotopic (exact) mass is 224 g/mol. The van der Waals surface area contributed by atoms with Crippen LogP contribution in [0.4, 0.5) is 5.82 Å². The van der Waals surface area contributed by atoms with E-state index in [0.29, 0.717) is 5.25 Å². The number of ether oxygens (including phenoxy) is 1. The molecule has 0 spiro atoms. The van der Waals surface area contributed by atoms with Gasteiger partial charge in [0.25, 0.3) is 0 Å². The van der Waals surface area contributed by atoms with Gasteiger partial charge in [-0.2, -0.15) is 0 Å². The van der Waals surface area contributed by atoms with Gasteiger partial charge in [0.2, 0.25) is 0 Å². The number of hydrogen-bond acceptors (Lipinski definition) is 4. The third kappa shape index (κ3) is 3.11. The third-order valence-corrected chi connectivity index (χ3v) is 3.71. The Morgan fingerprint density at radius 2 is 2.20 bits per heavy atom. The zero-order valence-electron chi connectivity index (χ0n) is 8.90. The summed E-state index contributed by atoms with van der Waals surface area (Å²) in [5.74, 6) is 0.937. The first kappa shape index (κ1) is 10.8. The average molecular weight is 224 g/mol. The maximum absolute atomic E-state index is 5.34. The number of rotatable bonds is 3. The van der Waals surface area contributed by atoms with Gasteiger partial charge in [-0.05, 0) is 25.0 Å². The Kier molecular flexibility index (Phi) is 3.86. The molecule has 2 rings (SSSR count). The van der Waals surface area contributed by atoms with Crippen LogP contribution in [0.2, 0.25) is 0 Å². The van der Waals surface area contributed by atoms with Crippen LogP contribution in [0.1, 0.15) is 12.8 Å². The quantitative estimate of drug-likeness (QED) is 0.855. The minimum absolute atomic E-state index is 0.665. The fourth-order valence-corrected chi connectivity index (χ4v) is 2.66. The Morgan fingerprint density at radius 3 is 2.93 bits per heavy atom. The standard InChI is InChI=1S/C11H16N2OS/c1-12-10-3-2-4-11(13-10)15-9-5-7-14-8-6-9/h2-4,9H,5-8H2,1H3,(H,12,13). The highest BCUT2D eigenvalue weighted by Crippen LogP contribution is 2.28. The smallest absolute Gasteiger partial charge is 0.126 e. The highest BCUT2D eigenvalue weighted by atomic mass is 32.2. The predicted molar refractivity (Wildman–Crippen MR) is 63.5 cm³/mol. The minimum Gasteiger partial charge on any atom is -0.381 e. The molecule has 0 aromatic carbocycles. The molecule has 0 amide bonds.